The molecular weight excluding hydrogens is 409 g/mol. The summed E-state index contributed by atoms with van der Waals surface area (Å²) in [6, 6.07) is 8.08. The summed E-state index contributed by atoms with van der Waals surface area (Å²) in [4.78, 5) is 14.7. The van der Waals surface area contributed by atoms with Crippen LogP contribution in [0, 0.1) is 6.92 Å². The van der Waals surface area contributed by atoms with Crippen LogP contribution >= 0.6 is 0 Å². The van der Waals surface area contributed by atoms with Gasteiger partial charge in [0.2, 0.25) is 0 Å². The van der Waals surface area contributed by atoms with Gasteiger partial charge in [0.05, 0.1) is 11.1 Å². The molecule has 1 aliphatic rings. The van der Waals surface area contributed by atoms with Crippen LogP contribution in [0.15, 0.2) is 41.0 Å². The standard InChI is InChI=1S/C23H23F3N2O3/c1-14-18(27-22(30)17-13-31-20-8-4-3-7-15(17)20)11-19(29)16(21(14)23(24,25)26)12-28-9-5-2-6-10-28/h3-4,7-8,11,13,29H,2,5-6,9-10,12H2,1H3,(H,27,30). The predicted molar refractivity (Wildman–Crippen MR) is 111 cm³/mol. The molecule has 2 N–H and O–H groups in total. The van der Waals surface area contributed by atoms with Crippen LogP contribution in [0.2, 0.25) is 0 Å². The number of nitrogens with one attached hydrogen (secondary N) is 1. The lowest BCUT2D eigenvalue weighted by molar-refractivity contribution is -0.139. The van der Waals surface area contributed by atoms with Gasteiger partial charge >= 0.3 is 6.18 Å². The first-order valence-corrected chi connectivity index (χ1v) is 10.2. The zero-order valence-electron chi connectivity index (χ0n) is 17.1. The maximum absolute atomic E-state index is 14.0. The Balaban J connectivity index is 1.69. The minimum atomic E-state index is -4.67. The van der Waals surface area contributed by atoms with Gasteiger partial charge in [0.25, 0.3) is 5.91 Å². The van der Waals surface area contributed by atoms with Gasteiger partial charge in [-0.05, 0) is 44.5 Å². The SMILES string of the molecule is Cc1c(NC(=O)c2coc3ccccc23)cc(O)c(CN2CCCCC2)c1C(F)(F)F. The number of amides is 1. The molecule has 1 aliphatic heterocycles. The summed E-state index contributed by atoms with van der Waals surface area (Å²) < 4.78 is 47.3. The van der Waals surface area contributed by atoms with E-state index in [1.54, 1.807) is 24.3 Å². The topological polar surface area (TPSA) is 65.7 Å². The molecule has 31 heavy (non-hydrogen) atoms. The summed E-state index contributed by atoms with van der Waals surface area (Å²) in [5, 5.41) is 13.6. The first kappa shape index (κ1) is 21.2. The van der Waals surface area contributed by atoms with E-state index in [9.17, 15) is 23.1 Å². The number of hydrogen-bond donors (Lipinski definition) is 2. The Morgan fingerprint density at radius 1 is 1.19 bits per heavy atom. The Bertz CT molecular complexity index is 1120. The van der Waals surface area contributed by atoms with Crippen molar-refractivity contribution in [1.29, 1.82) is 0 Å². The Labute approximate surface area is 177 Å². The third-order valence-electron chi connectivity index (χ3n) is 5.76. The van der Waals surface area contributed by atoms with E-state index in [2.05, 4.69) is 5.32 Å². The number of para-hydroxylation sites is 1. The number of carbonyl (C=O) groups is 1. The zero-order chi connectivity index (χ0) is 22.2. The number of rotatable bonds is 4. The van der Waals surface area contributed by atoms with Crippen LogP contribution in [0.4, 0.5) is 18.9 Å². The van der Waals surface area contributed by atoms with Crippen molar-refractivity contribution in [3.63, 3.8) is 0 Å². The molecule has 0 unspecified atom stereocenters. The Morgan fingerprint density at radius 2 is 1.90 bits per heavy atom. The summed E-state index contributed by atoms with van der Waals surface area (Å²) in [5.41, 5.74) is -0.550. The summed E-state index contributed by atoms with van der Waals surface area (Å²) in [7, 11) is 0. The number of phenolic OH excluding ortho intramolecular Hbond substituents is 1. The molecule has 2 aromatic carbocycles. The smallest absolute Gasteiger partial charge is 0.417 e. The van der Waals surface area contributed by atoms with Crippen molar-refractivity contribution in [3.8, 4) is 5.75 Å². The van der Waals surface area contributed by atoms with E-state index in [4.69, 9.17) is 4.42 Å². The van der Waals surface area contributed by atoms with Gasteiger partial charge in [-0.25, -0.2) is 0 Å². The van der Waals surface area contributed by atoms with Crippen LogP contribution in [0.25, 0.3) is 11.0 Å². The van der Waals surface area contributed by atoms with Gasteiger partial charge in [-0.2, -0.15) is 13.2 Å². The van der Waals surface area contributed by atoms with Crippen LogP contribution < -0.4 is 5.32 Å². The fourth-order valence-corrected chi connectivity index (χ4v) is 4.18. The lowest BCUT2D eigenvalue weighted by Gasteiger charge is -2.29. The number of hydrogen-bond acceptors (Lipinski definition) is 4. The molecular formula is C23H23F3N2O3. The first-order valence-electron chi connectivity index (χ1n) is 10.2. The van der Waals surface area contributed by atoms with Crippen molar-refractivity contribution in [2.45, 2.75) is 38.9 Å². The van der Waals surface area contributed by atoms with E-state index < -0.39 is 23.4 Å². The highest BCUT2D eigenvalue weighted by Crippen LogP contribution is 2.42. The molecule has 0 radical (unpaired) electrons. The maximum Gasteiger partial charge on any atom is 0.417 e. The third kappa shape index (κ3) is 4.25. The molecule has 0 spiro atoms. The number of aromatic hydroxyl groups is 1. The van der Waals surface area contributed by atoms with E-state index in [-0.39, 0.29) is 28.9 Å². The van der Waals surface area contributed by atoms with Gasteiger partial charge < -0.3 is 14.8 Å². The summed E-state index contributed by atoms with van der Waals surface area (Å²) >= 11 is 0. The second kappa shape index (κ2) is 8.26. The highest BCUT2D eigenvalue weighted by atomic mass is 19.4. The van der Waals surface area contributed by atoms with Crippen molar-refractivity contribution < 1.29 is 27.5 Å². The fourth-order valence-electron chi connectivity index (χ4n) is 4.18. The molecule has 1 aromatic heterocycles. The van der Waals surface area contributed by atoms with Crippen LogP contribution in [0.1, 0.15) is 46.3 Å². The first-order chi connectivity index (χ1) is 14.8. The summed E-state index contributed by atoms with van der Waals surface area (Å²) in [6.07, 6.45) is -0.497. The van der Waals surface area contributed by atoms with E-state index >= 15 is 0 Å². The number of nitrogens with zero attached hydrogens (tertiary/aromatic N) is 1. The maximum atomic E-state index is 14.0. The highest BCUT2D eigenvalue weighted by molar-refractivity contribution is 6.12. The molecule has 8 heteroatoms. The number of anilines is 1. The molecule has 0 aliphatic carbocycles. The van der Waals surface area contributed by atoms with Crippen molar-refractivity contribution in [3.05, 3.63) is 58.8 Å². The van der Waals surface area contributed by atoms with Gasteiger partial charge in [-0.1, -0.05) is 24.6 Å². The molecule has 0 atom stereocenters. The summed E-state index contributed by atoms with van der Waals surface area (Å²) in [6.45, 7) is 2.72. The zero-order valence-corrected chi connectivity index (χ0v) is 17.1. The minimum Gasteiger partial charge on any atom is -0.508 e. The van der Waals surface area contributed by atoms with Crippen LogP contribution in [0.5, 0.6) is 5.75 Å². The van der Waals surface area contributed by atoms with Crippen molar-refractivity contribution >= 4 is 22.6 Å². The van der Waals surface area contributed by atoms with Crippen molar-refractivity contribution in [1.82, 2.24) is 4.90 Å². The fraction of sp³-hybridized carbons (Fsp3) is 0.348. The number of alkyl halides is 3. The Morgan fingerprint density at radius 3 is 2.61 bits per heavy atom. The van der Waals surface area contributed by atoms with Gasteiger partial charge in [0.15, 0.2) is 0 Å². The van der Waals surface area contributed by atoms with Crippen LogP contribution in [-0.2, 0) is 12.7 Å². The van der Waals surface area contributed by atoms with Crippen molar-refractivity contribution in [2.24, 2.45) is 0 Å². The highest BCUT2D eigenvalue weighted by Gasteiger charge is 2.38. The molecule has 2 heterocycles. The number of phenols is 1. The lowest BCUT2D eigenvalue weighted by Crippen LogP contribution is -2.30. The Kier molecular flexibility index (Phi) is 5.66. The van der Waals surface area contributed by atoms with Crippen molar-refractivity contribution in [2.75, 3.05) is 18.4 Å². The van der Waals surface area contributed by atoms with Crippen LogP contribution in [-0.4, -0.2) is 29.0 Å². The van der Waals surface area contributed by atoms with E-state index in [1.165, 1.54) is 19.3 Å². The second-order valence-electron chi connectivity index (χ2n) is 7.86. The molecule has 1 fully saturated rings. The minimum absolute atomic E-state index is 0.0160. The molecule has 5 nitrogen and oxygen atoms in total. The summed E-state index contributed by atoms with van der Waals surface area (Å²) in [5.74, 6) is -1.08. The number of benzene rings is 2. The average molecular weight is 432 g/mol. The van der Waals surface area contributed by atoms with Gasteiger partial charge in [0, 0.05) is 29.2 Å². The largest absolute Gasteiger partial charge is 0.508 e. The van der Waals surface area contributed by atoms with E-state index in [0.717, 1.165) is 19.3 Å². The number of likely N-dealkylation sites (tertiary alicyclic amines) is 1. The van der Waals surface area contributed by atoms with E-state index in [1.807, 2.05) is 4.90 Å². The quantitative estimate of drug-likeness (QED) is 0.555. The number of furan rings is 1. The van der Waals surface area contributed by atoms with Crippen LogP contribution in [0.3, 0.4) is 0 Å². The third-order valence-corrected chi connectivity index (χ3v) is 5.76. The second-order valence-corrected chi connectivity index (χ2v) is 7.86. The predicted octanol–water partition coefficient (Wildman–Crippen LogP) is 5.70. The molecule has 4 rings (SSSR count). The normalized spacial score (nSPS) is 15.4. The molecule has 1 saturated heterocycles. The average Bonchev–Trinajstić information content (AvgIpc) is 3.16. The monoisotopic (exact) mass is 432 g/mol. The number of piperidine rings is 1. The number of fused-ring (bicyclic) bond motifs is 1. The lowest BCUT2D eigenvalue weighted by atomic mass is 9.96. The molecule has 0 bridgehead atoms. The molecule has 0 saturated carbocycles. The molecule has 1 amide bonds. The van der Waals surface area contributed by atoms with Gasteiger partial charge in [-0.3, -0.25) is 9.69 Å². The van der Waals surface area contributed by atoms with Gasteiger partial charge in [0.1, 0.15) is 17.6 Å². The Hall–Kier alpha value is -3.00. The van der Waals surface area contributed by atoms with E-state index in [0.29, 0.717) is 24.1 Å². The molecule has 3 aromatic rings. The van der Waals surface area contributed by atoms with Gasteiger partial charge in [-0.15, -0.1) is 0 Å². The number of carbonyl (C=O) groups excluding carboxylic acids is 1. The number of halogens is 3. The molecule has 164 valence electrons.